The number of rotatable bonds is 11. The van der Waals surface area contributed by atoms with Crippen molar-refractivity contribution in [2.24, 2.45) is 4.99 Å². The normalized spacial score (nSPS) is 11.1. The van der Waals surface area contributed by atoms with E-state index in [2.05, 4.69) is 23.6 Å². The fraction of sp³-hybridized carbons (Fsp3) is 0.125. The third kappa shape index (κ3) is 6.33. The molecule has 1 aromatic heterocycles. The van der Waals surface area contributed by atoms with Crippen LogP contribution in [0.2, 0.25) is 0 Å². The van der Waals surface area contributed by atoms with E-state index in [0.29, 0.717) is 28.5 Å². The number of aliphatic imine (C=N–C) groups is 1. The highest BCUT2D eigenvalue weighted by Crippen LogP contribution is 2.38. The van der Waals surface area contributed by atoms with Crippen LogP contribution in [0, 0.1) is 11.6 Å². The van der Waals surface area contributed by atoms with Gasteiger partial charge in [-0.1, -0.05) is 6.08 Å². The molecule has 4 aromatic rings. The van der Waals surface area contributed by atoms with E-state index in [0.717, 1.165) is 33.5 Å². The lowest BCUT2D eigenvalue weighted by atomic mass is 10.1. The summed E-state index contributed by atoms with van der Waals surface area (Å²) in [5.41, 5.74) is -1.46. The van der Waals surface area contributed by atoms with Gasteiger partial charge in [0.15, 0.2) is 11.5 Å². The Morgan fingerprint density at radius 1 is 1.00 bits per heavy atom. The standard InChI is InChI=1S/C32H28F2N4O6/c1-6-14-37-18-23(31(40)38(32(37)41)20-10-8-19(33)9-11-20)30(39)36-25-13-12-21(15-24(25)34)44-27(7-2)22-16-28(42-4)29(43-5)17-26(22)35-3/h6-13,15-18H,1,3,14H2,2,4-5H3,(H,36,39)/b27-7+. The Morgan fingerprint density at radius 2 is 1.68 bits per heavy atom. The molecule has 0 aliphatic heterocycles. The van der Waals surface area contributed by atoms with E-state index in [1.807, 2.05) is 0 Å². The van der Waals surface area contributed by atoms with Crippen LogP contribution >= 0.6 is 0 Å². The fourth-order valence-corrected chi connectivity index (χ4v) is 4.29. The Hall–Kier alpha value is -5.78. The lowest BCUT2D eigenvalue weighted by Crippen LogP contribution is -2.42. The summed E-state index contributed by atoms with van der Waals surface area (Å²) in [6.45, 7) is 8.86. The summed E-state index contributed by atoms with van der Waals surface area (Å²) in [5, 5.41) is 2.36. The molecule has 0 spiro atoms. The predicted octanol–water partition coefficient (Wildman–Crippen LogP) is 5.50. The molecule has 226 valence electrons. The number of allylic oxidation sites excluding steroid dienone is 2. The summed E-state index contributed by atoms with van der Waals surface area (Å²) in [7, 11) is 2.97. The number of ether oxygens (including phenoxy) is 3. The molecule has 3 aromatic carbocycles. The second-order valence-electron chi connectivity index (χ2n) is 9.12. The summed E-state index contributed by atoms with van der Waals surface area (Å²) in [6, 6.07) is 11.6. The second-order valence-corrected chi connectivity index (χ2v) is 9.12. The van der Waals surface area contributed by atoms with Crippen molar-refractivity contribution in [2.75, 3.05) is 19.5 Å². The van der Waals surface area contributed by atoms with Gasteiger partial charge in [-0.25, -0.2) is 18.1 Å². The van der Waals surface area contributed by atoms with Gasteiger partial charge in [-0.15, -0.1) is 6.58 Å². The highest BCUT2D eigenvalue weighted by Gasteiger charge is 2.21. The Labute approximate surface area is 250 Å². The number of halogens is 2. The van der Waals surface area contributed by atoms with Crippen LogP contribution in [0.5, 0.6) is 17.2 Å². The zero-order chi connectivity index (χ0) is 32.0. The number of nitrogens with zero attached hydrogens (tertiary/aromatic N) is 3. The molecule has 1 heterocycles. The van der Waals surface area contributed by atoms with Crippen molar-refractivity contribution in [3.05, 3.63) is 123 Å². The summed E-state index contributed by atoms with van der Waals surface area (Å²) >= 11 is 0. The molecule has 1 N–H and O–H groups in total. The Balaban J connectivity index is 1.65. The molecular weight excluding hydrogens is 574 g/mol. The minimum absolute atomic E-state index is 0.0303. The quantitative estimate of drug-likeness (QED) is 0.138. The Bertz CT molecular complexity index is 1890. The molecular formula is C32H28F2N4O6. The molecule has 0 aliphatic rings. The minimum Gasteiger partial charge on any atom is -0.493 e. The molecule has 0 aliphatic carbocycles. The third-order valence-corrected chi connectivity index (χ3v) is 6.43. The first kappa shape index (κ1) is 31.2. The number of methoxy groups -OCH3 is 2. The van der Waals surface area contributed by atoms with E-state index in [1.165, 1.54) is 44.6 Å². The number of benzene rings is 3. The van der Waals surface area contributed by atoms with Crippen LogP contribution in [0.15, 0.2) is 94.1 Å². The number of amides is 1. The second kappa shape index (κ2) is 13.5. The maximum absolute atomic E-state index is 15.2. The van der Waals surface area contributed by atoms with Gasteiger partial charge in [0.05, 0.1) is 31.3 Å². The van der Waals surface area contributed by atoms with Gasteiger partial charge in [-0.2, -0.15) is 0 Å². The van der Waals surface area contributed by atoms with Gasteiger partial charge in [0.2, 0.25) is 0 Å². The lowest BCUT2D eigenvalue weighted by molar-refractivity contribution is 0.102. The molecule has 0 fully saturated rings. The molecule has 44 heavy (non-hydrogen) atoms. The minimum atomic E-state index is -0.975. The molecule has 12 heteroatoms. The van der Waals surface area contributed by atoms with E-state index >= 15 is 4.39 Å². The van der Waals surface area contributed by atoms with Crippen LogP contribution in [0.4, 0.5) is 20.2 Å². The van der Waals surface area contributed by atoms with Crippen molar-refractivity contribution in [3.8, 4) is 22.9 Å². The van der Waals surface area contributed by atoms with Gasteiger partial charge in [-0.05, 0) is 62.2 Å². The SMILES string of the molecule is C=CCn1cc(C(=O)Nc2ccc(O/C(=C/C)c3cc(OC)c(OC)cc3N=C)cc2F)c(=O)n(-c2ccc(F)cc2)c1=O. The van der Waals surface area contributed by atoms with Gasteiger partial charge < -0.3 is 19.5 Å². The molecule has 1 amide bonds. The van der Waals surface area contributed by atoms with Crippen molar-refractivity contribution in [1.29, 1.82) is 0 Å². The topological polar surface area (TPSA) is 113 Å². The highest BCUT2D eigenvalue weighted by atomic mass is 19.1. The van der Waals surface area contributed by atoms with Crippen molar-refractivity contribution in [2.45, 2.75) is 13.5 Å². The number of carbonyl (C=O) groups is 1. The summed E-state index contributed by atoms with van der Waals surface area (Å²) in [5.74, 6) is -1.15. The predicted molar refractivity (Wildman–Crippen MR) is 164 cm³/mol. The van der Waals surface area contributed by atoms with Crippen molar-refractivity contribution >= 4 is 29.8 Å². The maximum atomic E-state index is 15.2. The number of nitrogens with one attached hydrogen (secondary N) is 1. The number of carbonyl (C=O) groups excluding carboxylic acids is 1. The van der Waals surface area contributed by atoms with Gasteiger partial charge >= 0.3 is 5.69 Å². The van der Waals surface area contributed by atoms with E-state index in [1.54, 1.807) is 25.1 Å². The molecule has 0 unspecified atom stereocenters. The van der Waals surface area contributed by atoms with E-state index < -0.39 is 34.4 Å². The van der Waals surface area contributed by atoms with Crippen LogP contribution in [0.1, 0.15) is 22.8 Å². The Kier molecular flexibility index (Phi) is 9.54. The molecule has 4 rings (SSSR count). The van der Waals surface area contributed by atoms with E-state index in [-0.39, 0.29) is 23.7 Å². The molecule has 10 nitrogen and oxygen atoms in total. The monoisotopic (exact) mass is 602 g/mol. The van der Waals surface area contributed by atoms with Crippen molar-refractivity contribution in [3.63, 3.8) is 0 Å². The first-order valence-electron chi connectivity index (χ1n) is 13.1. The zero-order valence-electron chi connectivity index (χ0n) is 24.1. The van der Waals surface area contributed by atoms with Gasteiger partial charge in [0, 0.05) is 30.4 Å². The summed E-state index contributed by atoms with van der Waals surface area (Å²) in [6.07, 6.45) is 4.10. The Morgan fingerprint density at radius 3 is 2.27 bits per heavy atom. The summed E-state index contributed by atoms with van der Waals surface area (Å²) in [4.78, 5) is 43.4. The number of aromatic nitrogens is 2. The van der Waals surface area contributed by atoms with E-state index in [4.69, 9.17) is 14.2 Å². The summed E-state index contributed by atoms with van der Waals surface area (Å²) < 4.78 is 47.1. The fourth-order valence-electron chi connectivity index (χ4n) is 4.29. The first-order chi connectivity index (χ1) is 21.1. The van der Waals surface area contributed by atoms with Crippen molar-refractivity contribution < 1.29 is 27.8 Å². The maximum Gasteiger partial charge on any atom is 0.335 e. The molecule has 0 saturated carbocycles. The van der Waals surface area contributed by atoms with Crippen LogP contribution in [0.25, 0.3) is 11.4 Å². The van der Waals surface area contributed by atoms with Gasteiger partial charge in [0.25, 0.3) is 11.5 Å². The molecule has 0 bridgehead atoms. The van der Waals surface area contributed by atoms with Gasteiger partial charge in [0.1, 0.15) is 28.7 Å². The molecule has 0 radical (unpaired) electrons. The zero-order valence-corrected chi connectivity index (χ0v) is 24.1. The van der Waals surface area contributed by atoms with Crippen LogP contribution < -0.4 is 30.8 Å². The van der Waals surface area contributed by atoms with Crippen LogP contribution in [-0.2, 0) is 6.54 Å². The number of hydrogen-bond donors (Lipinski definition) is 1. The third-order valence-electron chi connectivity index (χ3n) is 6.43. The number of hydrogen-bond acceptors (Lipinski definition) is 7. The first-order valence-corrected chi connectivity index (χ1v) is 13.1. The largest absolute Gasteiger partial charge is 0.493 e. The molecule has 0 saturated heterocycles. The van der Waals surface area contributed by atoms with E-state index in [9.17, 15) is 18.8 Å². The average Bonchev–Trinajstić information content (AvgIpc) is 3.02. The van der Waals surface area contributed by atoms with Crippen LogP contribution in [0.3, 0.4) is 0 Å². The molecule has 0 atom stereocenters. The van der Waals surface area contributed by atoms with Gasteiger partial charge in [-0.3, -0.25) is 19.1 Å². The average molecular weight is 603 g/mol. The lowest BCUT2D eigenvalue weighted by Gasteiger charge is -2.16. The smallest absolute Gasteiger partial charge is 0.335 e. The highest BCUT2D eigenvalue weighted by molar-refractivity contribution is 6.04. The van der Waals surface area contributed by atoms with Crippen molar-refractivity contribution in [1.82, 2.24) is 9.13 Å². The number of anilines is 1. The van der Waals surface area contributed by atoms with Crippen LogP contribution in [-0.4, -0.2) is 36.0 Å².